The molecule has 1 aliphatic rings. The number of nitrogens with one attached hydrogen (secondary N) is 1. The Morgan fingerprint density at radius 2 is 2.09 bits per heavy atom. The zero-order valence-corrected chi connectivity index (χ0v) is 13.3. The molecular weight excluding hydrogens is 280 g/mol. The average Bonchev–Trinajstić information content (AvgIpc) is 2.56. The Bertz CT molecular complexity index is 471. The highest BCUT2D eigenvalue weighted by molar-refractivity contribution is 5.91. The second-order valence-corrected chi connectivity index (χ2v) is 5.74. The lowest BCUT2D eigenvalue weighted by Gasteiger charge is -2.31. The molecular formula is C17H26N2O3. The van der Waals surface area contributed by atoms with Crippen LogP contribution in [0.25, 0.3) is 0 Å². The normalized spacial score (nSPS) is 15.6. The maximum absolute atomic E-state index is 12.3. The second-order valence-electron chi connectivity index (χ2n) is 5.74. The van der Waals surface area contributed by atoms with Gasteiger partial charge in [0.05, 0.1) is 12.3 Å². The van der Waals surface area contributed by atoms with Gasteiger partial charge in [-0.2, -0.15) is 0 Å². The lowest BCUT2D eigenvalue weighted by Crippen LogP contribution is -2.41. The number of aliphatic hydroxyl groups is 1. The van der Waals surface area contributed by atoms with Crippen LogP contribution in [0.1, 0.15) is 32.6 Å². The minimum Gasteiger partial charge on any atom is -0.491 e. The molecule has 0 saturated carbocycles. The summed E-state index contributed by atoms with van der Waals surface area (Å²) in [6.07, 6.45) is 3.79. The Morgan fingerprint density at radius 3 is 2.77 bits per heavy atom. The van der Waals surface area contributed by atoms with E-state index in [2.05, 4.69) is 12.2 Å². The molecule has 122 valence electrons. The highest BCUT2D eigenvalue weighted by Gasteiger charge is 2.22. The van der Waals surface area contributed by atoms with Crippen molar-refractivity contribution in [1.29, 1.82) is 0 Å². The van der Waals surface area contributed by atoms with Crippen molar-refractivity contribution in [1.82, 2.24) is 4.90 Å². The summed E-state index contributed by atoms with van der Waals surface area (Å²) in [7, 11) is 0. The highest BCUT2D eigenvalue weighted by atomic mass is 16.5. The molecule has 0 unspecified atom stereocenters. The van der Waals surface area contributed by atoms with E-state index >= 15 is 0 Å². The molecule has 1 aromatic rings. The van der Waals surface area contributed by atoms with Crippen molar-refractivity contribution in [2.45, 2.75) is 32.6 Å². The van der Waals surface area contributed by atoms with Crippen molar-refractivity contribution in [2.75, 3.05) is 31.6 Å². The SMILES string of the molecule is CCCCOc1ccccc1NC(=O)N1CCC(CO)CC1. The number of amides is 2. The molecule has 1 saturated heterocycles. The molecule has 2 N–H and O–H groups in total. The third-order valence-corrected chi connectivity index (χ3v) is 4.04. The van der Waals surface area contributed by atoms with Gasteiger partial charge in [0.1, 0.15) is 5.75 Å². The fraction of sp³-hybridized carbons (Fsp3) is 0.588. The number of hydrogen-bond donors (Lipinski definition) is 2. The molecule has 0 radical (unpaired) electrons. The predicted octanol–water partition coefficient (Wildman–Crippen LogP) is 3.10. The van der Waals surface area contributed by atoms with Crippen LogP contribution in [0.2, 0.25) is 0 Å². The fourth-order valence-corrected chi connectivity index (χ4v) is 2.54. The smallest absolute Gasteiger partial charge is 0.321 e. The van der Waals surface area contributed by atoms with E-state index in [4.69, 9.17) is 9.84 Å². The minimum absolute atomic E-state index is 0.0945. The van der Waals surface area contributed by atoms with E-state index < -0.39 is 0 Å². The first-order valence-electron chi connectivity index (χ1n) is 8.13. The number of para-hydroxylation sites is 2. The van der Waals surface area contributed by atoms with Gasteiger partial charge in [-0.15, -0.1) is 0 Å². The van der Waals surface area contributed by atoms with Crippen LogP contribution in [0, 0.1) is 5.92 Å². The van der Waals surface area contributed by atoms with E-state index in [-0.39, 0.29) is 12.6 Å². The monoisotopic (exact) mass is 306 g/mol. The number of anilines is 1. The molecule has 1 heterocycles. The number of hydrogen-bond acceptors (Lipinski definition) is 3. The quantitative estimate of drug-likeness (QED) is 0.794. The number of unbranched alkanes of at least 4 members (excludes halogenated alkanes) is 1. The van der Waals surface area contributed by atoms with Gasteiger partial charge in [0, 0.05) is 19.7 Å². The number of aliphatic hydroxyl groups excluding tert-OH is 1. The predicted molar refractivity (Wildman–Crippen MR) is 87.2 cm³/mol. The molecule has 1 fully saturated rings. The first kappa shape index (κ1) is 16.6. The molecule has 1 aromatic carbocycles. The third kappa shape index (κ3) is 4.63. The van der Waals surface area contributed by atoms with Crippen LogP contribution in [0.3, 0.4) is 0 Å². The van der Waals surface area contributed by atoms with E-state index in [1.54, 1.807) is 4.90 Å². The number of piperidine rings is 1. The molecule has 5 heteroatoms. The number of carbonyl (C=O) groups is 1. The first-order chi connectivity index (χ1) is 10.7. The van der Waals surface area contributed by atoms with Crippen molar-refractivity contribution in [2.24, 2.45) is 5.92 Å². The van der Waals surface area contributed by atoms with Gasteiger partial charge >= 0.3 is 6.03 Å². The van der Waals surface area contributed by atoms with Crippen LogP contribution in [0.5, 0.6) is 5.75 Å². The molecule has 5 nitrogen and oxygen atoms in total. The van der Waals surface area contributed by atoms with Crippen molar-refractivity contribution in [3.05, 3.63) is 24.3 Å². The summed E-state index contributed by atoms with van der Waals surface area (Å²) in [4.78, 5) is 14.1. The van der Waals surface area contributed by atoms with Gasteiger partial charge in [0.25, 0.3) is 0 Å². The Labute approximate surface area is 132 Å². The van der Waals surface area contributed by atoms with Gasteiger partial charge in [-0.05, 0) is 37.3 Å². The number of rotatable bonds is 6. The second kappa shape index (κ2) is 8.63. The number of benzene rings is 1. The van der Waals surface area contributed by atoms with E-state index in [1.165, 1.54) is 0 Å². The van der Waals surface area contributed by atoms with Crippen molar-refractivity contribution in [3.8, 4) is 5.75 Å². The number of urea groups is 1. The van der Waals surface area contributed by atoms with Gasteiger partial charge in [-0.1, -0.05) is 25.5 Å². The molecule has 0 aliphatic carbocycles. The van der Waals surface area contributed by atoms with Gasteiger partial charge < -0.3 is 20.1 Å². The minimum atomic E-state index is -0.0945. The van der Waals surface area contributed by atoms with Gasteiger partial charge in [-0.3, -0.25) is 0 Å². The van der Waals surface area contributed by atoms with E-state index in [0.717, 1.165) is 31.4 Å². The van der Waals surface area contributed by atoms with Crippen LogP contribution in [0.4, 0.5) is 10.5 Å². The van der Waals surface area contributed by atoms with Crippen LogP contribution in [-0.4, -0.2) is 42.3 Å². The Balaban J connectivity index is 1.91. The molecule has 2 rings (SSSR count). The van der Waals surface area contributed by atoms with Gasteiger partial charge in [0.15, 0.2) is 0 Å². The molecule has 22 heavy (non-hydrogen) atoms. The molecule has 0 bridgehead atoms. The molecule has 0 aromatic heterocycles. The van der Waals surface area contributed by atoms with Crippen LogP contribution in [0.15, 0.2) is 24.3 Å². The maximum atomic E-state index is 12.3. The summed E-state index contributed by atoms with van der Waals surface area (Å²) in [5, 5.41) is 12.1. The maximum Gasteiger partial charge on any atom is 0.321 e. The lowest BCUT2D eigenvalue weighted by atomic mass is 9.98. The van der Waals surface area contributed by atoms with Crippen LogP contribution < -0.4 is 10.1 Å². The Kier molecular flexibility index (Phi) is 6.52. The number of nitrogens with zero attached hydrogens (tertiary/aromatic N) is 1. The van der Waals surface area contributed by atoms with E-state index in [0.29, 0.717) is 31.3 Å². The van der Waals surface area contributed by atoms with Crippen molar-refractivity contribution >= 4 is 11.7 Å². The summed E-state index contributed by atoms with van der Waals surface area (Å²) in [5.41, 5.74) is 0.716. The third-order valence-electron chi connectivity index (χ3n) is 4.04. The van der Waals surface area contributed by atoms with E-state index in [9.17, 15) is 4.79 Å². The number of ether oxygens (including phenoxy) is 1. The van der Waals surface area contributed by atoms with Crippen molar-refractivity contribution in [3.63, 3.8) is 0 Å². The molecule has 2 amide bonds. The first-order valence-corrected chi connectivity index (χ1v) is 8.13. The molecule has 1 aliphatic heterocycles. The zero-order valence-electron chi connectivity index (χ0n) is 13.3. The summed E-state index contributed by atoms with van der Waals surface area (Å²) in [6.45, 7) is 4.37. The summed E-state index contributed by atoms with van der Waals surface area (Å²) >= 11 is 0. The fourth-order valence-electron chi connectivity index (χ4n) is 2.54. The highest BCUT2D eigenvalue weighted by Crippen LogP contribution is 2.25. The zero-order chi connectivity index (χ0) is 15.8. The molecule has 0 spiro atoms. The van der Waals surface area contributed by atoms with Crippen LogP contribution >= 0.6 is 0 Å². The number of likely N-dealkylation sites (tertiary alicyclic amines) is 1. The summed E-state index contributed by atoms with van der Waals surface area (Å²) in [6, 6.07) is 7.44. The Hall–Kier alpha value is -1.75. The largest absolute Gasteiger partial charge is 0.491 e. The molecule has 0 atom stereocenters. The topological polar surface area (TPSA) is 61.8 Å². The van der Waals surface area contributed by atoms with Crippen molar-refractivity contribution < 1.29 is 14.6 Å². The lowest BCUT2D eigenvalue weighted by molar-refractivity contribution is 0.143. The van der Waals surface area contributed by atoms with Gasteiger partial charge in [0.2, 0.25) is 0 Å². The van der Waals surface area contributed by atoms with Gasteiger partial charge in [-0.25, -0.2) is 4.79 Å². The average molecular weight is 306 g/mol. The van der Waals surface area contributed by atoms with E-state index in [1.807, 2.05) is 24.3 Å². The number of carbonyl (C=O) groups excluding carboxylic acids is 1. The Morgan fingerprint density at radius 1 is 1.36 bits per heavy atom. The standard InChI is InChI=1S/C17H26N2O3/c1-2-3-12-22-16-7-5-4-6-15(16)18-17(21)19-10-8-14(13-20)9-11-19/h4-7,14,20H,2-3,8-13H2,1H3,(H,18,21). The summed E-state index contributed by atoms with van der Waals surface area (Å²) < 4.78 is 5.73. The summed E-state index contributed by atoms with van der Waals surface area (Å²) in [5.74, 6) is 1.04. The van der Waals surface area contributed by atoms with Crippen LogP contribution in [-0.2, 0) is 0 Å².